The van der Waals surface area contributed by atoms with Crippen LogP contribution < -0.4 is 11.5 Å². The van der Waals surface area contributed by atoms with Crippen LogP contribution in [0.25, 0.3) is 0 Å². The molecule has 0 aromatic carbocycles. The van der Waals surface area contributed by atoms with Gasteiger partial charge in [-0.05, 0) is 18.8 Å². The Morgan fingerprint density at radius 2 is 2.15 bits per heavy atom. The van der Waals surface area contributed by atoms with Crippen molar-refractivity contribution in [3.8, 4) is 0 Å². The van der Waals surface area contributed by atoms with Gasteiger partial charge in [0.2, 0.25) is 5.91 Å². The van der Waals surface area contributed by atoms with Crippen molar-refractivity contribution in [2.45, 2.75) is 19.3 Å². The molecule has 0 unspecified atom stereocenters. The lowest BCUT2D eigenvalue weighted by Crippen LogP contribution is -2.20. The summed E-state index contributed by atoms with van der Waals surface area (Å²) in [5, 5.41) is 0. The third kappa shape index (κ3) is 5.20. The number of amides is 1. The van der Waals surface area contributed by atoms with E-state index in [2.05, 4.69) is 13.2 Å². The van der Waals surface area contributed by atoms with Crippen molar-refractivity contribution in [1.82, 2.24) is 0 Å². The van der Waals surface area contributed by atoms with Gasteiger partial charge in [0.25, 0.3) is 0 Å². The lowest BCUT2D eigenvalue weighted by molar-refractivity contribution is -0.118. The molecule has 0 saturated heterocycles. The standard InChI is InChI=1S/C10H18N2O/c1-3-4-5-9(6-10(12)13)8(2)7-11/h3,9H,1-2,4-7,11H2,(H2,12,13)/t9-/m1/s1. The van der Waals surface area contributed by atoms with Crippen LogP contribution in [0.2, 0.25) is 0 Å². The maximum absolute atomic E-state index is 10.7. The lowest BCUT2D eigenvalue weighted by atomic mass is 9.91. The zero-order valence-electron chi connectivity index (χ0n) is 7.96. The molecule has 0 saturated carbocycles. The van der Waals surface area contributed by atoms with Gasteiger partial charge in [0.1, 0.15) is 0 Å². The van der Waals surface area contributed by atoms with Crippen LogP contribution in [-0.2, 0) is 4.79 Å². The molecule has 0 aromatic rings. The van der Waals surface area contributed by atoms with Crippen molar-refractivity contribution in [3.05, 3.63) is 24.8 Å². The average Bonchev–Trinajstić information content (AvgIpc) is 2.10. The Labute approximate surface area is 79.5 Å². The molecule has 0 fully saturated rings. The fourth-order valence-electron chi connectivity index (χ4n) is 1.18. The molecule has 13 heavy (non-hydrogen) atoms. The molecule has 0 aliphatic carbocycles. The van der Waals surface area contributed by atoms with E-state index in [1.54, 1.807) is 0 Å². The number of hydrogen-bond acceptors (Lipinski definition) is 2. The normalized spacial score (nSPS) is 12.1. The number of hydrogen-bond donors (Lipinski definition) is 2. The number of allylic oxidation sites excluding steroid dienone is 1. The van der Waals surface area contributed by atoms with Gasteiger partial charge in [-0.3, -0.25) is 4.79 Å². The van der Waals surface area contributed by atoms with Gasteiger partial charge in [0.05, 0.1) is 0 Å². The number of rotatable bonds is 7. The predicted molar refractivity (Wildman–Crippen MR) is 54.9 cm³/mol. The fraction of sp³-hybridized carbons (Fsp3) is 0.500. The third-order valence-electron chi connectivity index (χ3n) is 2.01. The zero-order valence-corrected chi connectivity index (χ0v) is 7.96. The number of carbonyl (C=O) groups excluding carboxylic acids is 1. The van der Waals surface area contributed by atoms with Crippen LogP contribution >= 0.6 is 0 Å². The van der Waals surface area contributed by atoms with Crippen LogP contribution in [0, 0.1) is 5.92 Å². The Morgan fingerprint density at radius 1 is 1.54 bits per heavy atom. The van der Waals surface area contributed by atoms with Crippen molar-refractivity contribution in [2.24, 2.45) is 17.4 Å². The lowest BCUT2D eigenvalue weighted by Gasteiger charge is -2.15. The van der Waals surface area contributed by atoms with E-state index in [4.69, 9.17) is 11.5 Å². The van der Waals surface area contributed by atoms with E-state index in [0.29, 0.717) is 13.0 Å². The second kappa shape index (κ2) is 6.43. The predicted octanol–water partition coefficient (Wildman–Crippen LogP) is 0.959. The van der Waals surface area contributed by atoms with E-state index in [1.807, 2.05) is 6.08 Å². The first-order valence-electron chi connectivity index (χ1n) is 4.38. The first kappa shape index (κ1) is 11.9. The molecule has 74 valence electrons. The largest absolute Gasteiger partial charge is 0.370 e. The molecule has 0 bridgehead atoms. The molecule has 0 aliphatic heterocycles. The van der Waals surface area contributed by atoms with Gasteiger partial charge in [-0.1, -0.05) is 18.2 Å². The monoisotopic (exact) mass is 182 g/mol. The molecule has 0 radical (unpaired) electrons. The minimum absolute atomic E-state index is 0.112. The number of carbonyl (C=O) groups is 1. The summed E-state index contributed by atoms with van der Waals surface area (Å²) in [4.78, 5) is 10.7. The summed E-state index contributed by atoms with van der Waals surface area (Å²) in [7, 11) is 0. The number of primary amides is 1. The molecule has 0 rings (SSSR count). The van der Waals surface area contributed by atoms with E-state index < -0.39 is 0 Å². The quantitative estimate of drug-likeness (QED) is 0.576. The highest BCUT2D eigenvalue weighted by Gasteiger charge is 2.13. The van der Waals surface area contributed by atoms with Crippen molar-refractivity contribution in [1.29, 1.82) is 0 Å². The van der Waals surface area contributed by atoms with Crippen molar-refractivity contribution >= 4 is 5.91 Å². The second-order valence-corrected chi connectivity index (χ2v) is 3.10. The molecule has 0 spiro atoms. The minimum Gasteiger partial charge on any atom is -0.370 e. The highest BCUT2D eigenvalue weighted by atomic mass is 16.1. The van der Waals surface area contributed by atoms with Gasteiger partial charge in [0, 0.05) is 13.0 Å². The van der Waals surface area contributed by atoms with E-state index >= 15 is 0 Å². The van der Waals surface area contributed by atoms with E-state index in [-0.39, 0.29) is 11.8 Å². The smallest absolute Gasteiger partial charge is 0.218 e. The van der Waals surface area contributed by atoms with Gasteiger partial charge in [0.15, 0.2) is 0 Å². The van der Waals surface area contributed by atoms with Crippen LogP contribution in [0.5, 0.6) is 0 Å². The summed E-state index contributed by atoms with van der Waals surface area (Å²) in [6.45, 7) is 7.84. The van der Waals surface area contributed by atoms with Crippen molar-refractivity contribution in [2.75, 3.05) is 6.54 Å². The minimum atomic E-state index is -0.302. The Balaban J connectivity index is 4.09. The SMILES string of the molecule is C=CCC[C@H](CC(N)=O)C(=C)CN. The first-order chi connectivity index (χ1) is 6.11. The fourth-order valence-corrected chi connectivity index (χ4v) is 1.18. The zero-order chi connectivity index (χ0) is 10.3. The van der Waals surface area contributed by atoms with Crippen LogP contribution in [0.15, 0.2) is 24.8 Å². The molecule has 3 nitrogen and oxygen atoms in total. The molecule has 0 heterocycles. The molecule has 3 heteroatoms. The Bertz CT molecular complexity index is 199. The molecular weight excluding hydrogens is 164 g/mol. The maximum Gasteiger partial charge on any atom is 0.218 e. The average molecular weight is 182 g/mol. The van der Waals surface area contributed by atoms with E-state index in [9.17, 15) is 4.79 Å². The van der Waals surface area contributed by atoms with Crippen molar-refractivity contribution in [3.63, 3.8) is 0 Å². The molecule has 1 atom stereocenters. The Morgan fingerprint density at radius 3 is 2.54 bits per heavy atom. The van der Waals surface area contributed by atoms with Crippen LogP contribution in [-0.4, -0.2) is 12.5 Å². The maximum atomic E-state index is 10.7. The molecule has 4 N–H and O–H groups in total. The van der Waals surface area contributed by atoms with Crippen LogP contribution in [0.1, 0.15) is 19.3 Å². The van der Waals surface area contributed by atoms with Crippen LogP contribution in [0.3, 0.4) is 0 Å². The second-order valence-electron chi connectivity index (χ2n) is 3.10. The Hall–Kier alpha value is -1.09. The summed E-state index contributed by atoms with van der Waals surface area (Å²) in [6, 6.07) is 0. The summed E-state index contributed by atoms with van der Waals surface area (Å²) in [5.74, 6) is -0.191. The summed E-state index contributed by atoms with van der Waals surface area (Å²) < 4.78 is 0. The number of nitrogens with two attached hydrogens (primary N) is 2. The highest BCUT2D eigenvalue weighted by Crippen LogP contribution is 2.18. The highest BCUT2D eigenvalue weighted by molar-refractivity contribution is 5.74. The Kier molecular flexibility index (Phi) is 5.89. The summed E-state index contributed by atoms with van der Waals surface area (Å²) in [5.41, 5.74) is 11.4. The van der Waals surface area contributed by atoms with Gasteiger partial charge in [-0.25, -0.2) is 0 Å². The van der Waals surface area contributed by atoms with Gasteiger partial charge in [-0.15, -0.1) is 6.58 Å². The third-order valence-corrected chi connectivity index (χ3v) is 2.01. The molecule has 0 aliphatic rings. The molecule has 1 amide bonds. The molecule has 0 aromatic heterocycles. The van der Waals surface area contributed by atoms with Crippen LogP contribution in [0.4, 0.5) is 0 Å². The van der Waals surface area contributed by atoms with Gasteiger partial charge >= 0.3 is 0 Å². The van der Waals surface area contributed by atoms with Gasteiger partial charge < -0.3 is 11.5 Å². The first-order valence-corrected chi connectivity index (χ1v) is 4.38. The molecular formula is C10H18N2O. The van der Waals surface area contributed by atoms with Gasteiger partial charge in [-0.2, -0.15) is 0 Å². The van der Waals surface area contributed by atoms with Crippen molar-refractivity contribution < 1.29 is 4.79 Å². The van der Waals surface area contributed by atoms with E-state index in [0.717, 1.165) is 18.4 Å². The van der Waals surface area contributed by atoms with E-state index in [1.165, 1.54) is 0 Å². The topological polar surface area (TPSA) is 69.1 Å². The summed E-state index contributed by atoms with van der Waals surface area (Å²) >= 11 is 0. The summed E-state index contributed by atoms with van der Waals surface area (Å²) in [6.07, 6.45) is 3.86.